The summed E-state index contributed by atoms with van der Waals surface area (Å²) in [6, 6.07) is 20.0. The van der Waals surface area contributed by atoms with Gasteiger partial charge in [0.15, 0.2) is 11.5 Å². The second-order valence-corrected chi connectivity index (χ2v) is 7.64. The van der Waals surface area contributed by atoms with Crippen molar-refractivity contribution in [2.24, 2.45) is 0 Å². The molecule has 0 bridgehead atoms. The van der Waals surface area contributed by atoms with E-state index < -0.39 is 0 Å². The average molecular weight is 447 g/mol. The Morgan fingerprint density at radius 3 is 2.78 bits per heavy atom. The van der Waals surface area contributed by atoms with Crippen molar-refractivity contribution < 1.29 is 19.0 Å². The smallest absolute Gasteiger partial charge is 0.255 e. The van der Waals surface area contributed by atoms with Gasteiger partial charge in [0, 0.05) is 39.4 Å². The third-order valence-electron chi connectivity index (χ3n) is 5.08. The fourth-order valence-electron chi connectivity index (χ4n) is 3.58. The molecular weight excluding hydrogens is 428 g/mol. The van der Waals surface area contributed by atoms with Crippen molar-refractivity contribution in [2.75, 3.05) is 18.7 Å². The van der Waals surface area contributed by atoms with Crippen LogP contribution in [0.5, 0.6) is 17.2 Å². The number of benzene rings is 3. The minimum atomic E-state index is -0.243. The molecule has 160 valence electrons. The number of rotatable bonds is 5. The molecule has 4 aromatic rings. The van der Waals surface area contributed by atoms with E-state index in [-0.39, 0.29) is 12.7 Å². The zero-order valence-corrected chi connectivity index (χ0v) is 18.0. The summed E-state index contributed by atoms with van der Waals surface area (Å²) in [4.78, 5) is 17.6. The molecule has 3 aromatic carbocycles. The Labute approximate surface area is 189 Å². The highest BCUT2D eigenvalue weighted by molar-refractivity contribution is 6.30. The lowest BCUT2D eigenvalue weighted by atomic mass is 10.1. The summed E-state index contributed by atoms with van der Waals surface area (Å²) < 4.78 is 16.6. The minimum Gasteiger partial charge on any atom is -0.493 e. The van der Waals surface area contributed by atoms with Crippen molar-refractivity contribution in [3.05, 3.63) is 77.3 Å². The van der Waals surface area contributed by atoms with E-state index in [2.05, 4.69) is 5.32 Å². The summed E-state index contributed by atoms with van der Waals surface area (Å²) in [5.41, 5.74) is 3.49. The number of carbonyl (C=O) groups is 1. The maximum Gasteiger partial charge on any atom is 0.255 e. The molecule has 0 radical (unpaired) electrons. The zero-order valence-electron chi connectivity index (χ0n) is 17.2. The maximum absolute atomic E-state index is 12.9. The van der Waals surface area contributed by atoms with Gasteiger partial charge in [-0.25, -0.2) is 4.98 Å². The van der Waals surface area contributed by atoms with Crippen LogP contribution in [0.4, 0.5) is 5.69 Å². The van der Waals surface area contributed by atoms with E-state index in [1.165, 1.54) is 0 Å². The van der Waals surface area contributed by atoms with Gasteiger partial charge >= 0.3 is 0 Å². The Kier molecular flexibility index (Phi) is 5.29. The highest BCUT2D eigenvalue weighted by Crippen LogP contribution is 2.35. The summed E-state index contributed by atoms with van der Waals surface area (Å²) in [6.45, 7) is 2.59. The quantitative estimate of drug-likeness (QED) is 0.411. The van der Waals surface area contributed by atoms with Crippen LogP contribution in [0.25, 0.3) is 22.2 Å². The van der Waals surface area contributed by atoms with E-state index in [9.17, 15) is 4.79 Å². The summed E-state index contributed by atoms with van der Waals surface area (Å²) in [7, 11) is 0. The first-order valence-electron chi connectivity index (χ1n) is 10.2. The molecule has 0 atom stereocenters. The molecule has 32 heavy (non-hydrogen) atoms. The number of fused-ring (bicyclic) bond motifs is 2. The number of pyridine rings is 1. The van der Waals surface area contributed by atoms with Crippen molar-refractivity contribution in [2.45, 2.75) is 6.92 Å². The van der Waals surface area contributed by atoms with Crippen LogP contribution in [0, 0.1) is 0 Å². The molecule has 1 N–H and O–H groups in total. The lowest BCUT2D eigenvalue weighted by Crippen LogP contribution is -2.12. The van der Waals surface area contributed by atoms with Gasteiger partial charge < -0.3 is 19.5 Å². The molecule has 2 heterocycles. The molecule has 0 saturated heterocycles. The molecule has 0 fully saturated rings. The topological polar surface area (TPSA) is 69.7 Å². The van der Waals surface area contributed by atoms with E-state index in [0.29, 0.717) is 40.1 Å². The van der Waals surface area contributed by atoms with Gasteiger partial charge in [0.1, 0.15) is 5.75 Å². The third kappa shape index (κ3) is 3.92. The molecular formula is C25H19ClN2O4. The number of hydrogen-bond donors (Lipinski definition) is 1. The van der Waals surface area contributed by atoms with Crippen LogP contribution in [0.2, 0.25) is 5.02 Å². The number of aromatic nitrogens is 1. The van der Waals surface area contributed by atoms with Crippen LogP contribution >= 0.6 is 11.6 Å². The maximum atomic E-state index is 12.9. The Morgan fingerprint density at radius 1 is 1.06 bits per heavy atom. The summed E-state index contributed by atoms with van der Waals surface area (Å²) in [6.07, 6.45) is 0. The Hall–Kier alpha value is -3.77. The minimum absolute atomic E-state index is 0.182. The first-order valence-corrected chi connectivity index (χ1v) is 10.5. The van der Waals surface area contributed by atoms with Gasteiger partial charge in [-0.15, -0.1) is 0 Å². The predicted octanol–water partition coefficient (Wildman–Crippen LogP) is 5.93. The molecule has 5 rings (SSSR count). The van der Waals surface area contributed by atoms with Gasteiger partial charge in [0.05, 0.1) is 17.8 Å². The number of carbonyl (C=O) groups excluding carboxylic acids is 1. The lowest BCUT2D eigenvalue weighted by molar-refractivity contribution is 0.102. The van der Waals surface area contributed by atoms with Crippen molar-refractivity contribution in [3.63, 3.8) is 0 Å². The molecule has 0 spiro atoms. The van der Waals surface area contributed by atoms with Crippen LogP contribution in [-0.2, 0) is 0 Å². The van der Waals surface area contributed by atoms with Gasteiger partial charge in [0.2, 0.25) is 6.79 Å². The SMILES string of the molecule is CCOc1cc(-c2cccc(Cl)c2)nc2ccc(C(=O)Nc3ccc4c(c3)OCO4)cc12. The predicted molar refractivity (Wildman–Crippen MR) is 124 cm³/mol. The largest absolute Gasteiger partial charge is 0.493 e. The van der Waals surface area contributed by atoms with E-state index in [1.807, 2.05) is 43.3 Å². The van der Waals surface area contributed by atoms with Gasteiger partial charge in [-0.05, 0) is 49.4 Å². The fraction of sp³-hybridized carbons (Fsp3) is 0.120. The summed E-state index contributed by atoms with van der Waals surface area (Å²) >= 11 is 6.15. The first kappa shape index (κ1) is 20.2. The first-order chi connectivity index (χ1) is 15.6. The Bertz CT molecular complexity index is 1340. The van der Waals surface area contributed by atoms with Crippen molar-refractivity contribution in [3.8, 4) is 28.5 Å². The molecule has 7 heteroatoms. The van der Waals surface area contributed by atoms with Crippen LogP contribution in [0.15, 0.2) is 66.7 Å². The number of anilines is 1. The number of halogens is 1. The van der Waals surface area contributed by atoms with Crippen molar-refractivity contribution in [1.82, 2.24) is 4.98 Å². The summed E-state index contributed by atoms with van der Waals surface area (Å²) in [5.74, 6) is 1.69. The summed E-state index contributed by atoms with van der Waals surface area (Å²) in [5, 5.41) is 4.29. The zero-order chi connectivity index (χ0) is 22.1. The Morgan fingerprint density at radius 2 is 1.94 bits per heavy atom. The molecule has 1 aliphatic heterocycles. The van der Waals surface area contributed by atoms with Gasteiger partial charge in [0.25, 0.3) is 5.91 Å². The third-order valence-corrected chi connectivity index (χ3v) is 5.32. The molecule has 0 aliphatic carbocycles. The highest BCUT2D eigenvalue weighted by atomic mass is 35.5. The second kappa shape index (κ2) is 8.40. The molecule has 1 amide bonds. The van der Waals surface area contributed by atoms with E-state index in [0.717, 1.165) is 22.2 Å². The monoisotopic (exact) mass is 446 g/mol. The number of hydrogen-bond acceptors (Lipinski definition) is 5. The molecule has 0 saturated carbocycles. The van der Waals surface area contributed by atoms with Gasteiger partial charge in [-0.1, -0.05) is 23.7 Å². The van der Waals surface area contributed by atoms with Gasteiger partial charge in [-0.2, -0.15) is 0 Å². The van der Waals surface area contributed by atoms with Crippen LogP contribution in [-0.4, -0.2) is 24.3 Å². The molecule has 1 aliphatic rings. The number of nitrogens with zero attached hydrogens (tertiary/aromatic N) is 1. The van der Waals surface area contributed by atoms with E-state index >= 15 is 0 Å². The van der Waals surface area contributed by atoms with Gasteiger partial charge in [-0.3, -0.25) is 4.79 Å². The highest BCUT2D eigenvalue weighted by Gasteiger charge is 2.16. The van der Waals surface area contributed by atoms with Crippen molar-refractivity contribution >= 4 is 34.1 Å². The normalized spacial score (nSPS) is 12.1. The number of ether oxygens (including phenoxy) is 3. The second-order valence-electron chi connectivity index (χ2n) is 7.20. The molecule has 6 nitrogen and oxygen atoms in total. The van der Waals surface area contributed by atoms with Crippen molar-refractivity contribution in [1.29, 1.82) is 0 Å². The van der Waals surface area contributed by atoms with Crippen LogP contribution in [0.1, 0.15) is 17.3 Å². The van der Waals surface area contributed by atoms with Crippen LogP contribution in [0.3, 0.4) is 0 Å². The Balaban J connectivity index is 1.49. The molecule has 1 aromatic heterocycles. The van der Waals surface area contributed by atoms with E-state index in [1.54, 1.807) is 30.3 Å². The molecule has 0 unspecified atom stereocenters. The number of amides is 1. The van der Waals surface area contributed by atoms with Crippen LogP contribution < -0.4 is 19.5 Å². The lowest BCUT2D eigenvalue weighted by Gasteiger charge is -2.12. The average Bonchev–Trinajstić information content (AvgIpc) is 3.27. The van der Waals surface area contributed by atoms with E-state index in [4.69, 9.17) is 30.8 Å². The standard InChI is InChI=1S/C25H19ClN2O4/c1-2-30-23-13-21(15-4-3-5-17(26)10-15)28-20-8-6-16(11-19(20)23)25(29)27-18-7-9-22-24(12-18)32-14-31-22/h3-13H,2,14H2,1H3,(H,27,29). The number of nitrogens with one attached hydrogen (secondary N) is 1. The fourth-order valence-corrected chi connectivity index (χ4v) is 3.77.